The first-order valence-corrected chi connectivity index (χ1v) is 9.03. The number of rotatable bonds is 3. The highest BCUT2D eigenvalue weighted by molar-refractivity contribution is 7.91. The SMILES string of the molecule is CS(=O)(=O)[C@H]1CCN(C(=O)N[C@H]2CCN(CC(F)(F)F)C2)C1. The first-order valence-electron chi connectivity index (χ1n) is 7.08. The Morgan fingerprint density at radius 3 is 2.45 bits per heavy atom. The number of halogens is 3. The molecule has 0 aromatic carbocycles. The Hall–Kier alpha value is -1.03. The van der Waals surface area contributed by atoms with E-state index in [4.69, 9.17) is 0 Å². The molecule has 2 atom stereocenters. The third kappa shape index (κ3) is 4.73. The quantitative estimate of drug-likeness (QED) is 0.808. The molecule has 0 saturated carbocycles. The monoisotopic (exact) mass is 343 g/mol. The molecule has 0 unspecified atom stereocenters. The molecule has 6 nitrogen and oxygen atoms in total. The number of hydrogen-bond donors (Lipinski definition) is 1. The van der Waals surface area contributed by atoms with Gasteiger partial charge in [0, 0.05) is 38.5 Å². The summed E-state index contributed by atoms with van der Waals surface area (Å²) in [4.78, 5) is 14.7. The Bertz CT molecular complexity index is 523. The van der Waals surface area contributed by atoms with Crippen LogP contribution >= 0.6 is 0 Å². The first-order chi connectivity index (χ1) is 10.0. The van der Waals surface area contributed by atoms with Crippen LogP contribution < -0.4 is 5.32 Å². The van der Waals surface area contributed by atoms with Crippen LogP contribution in [0.1, 0.15) is 12.8 Å². The van der Waals surface area contributed by atoms with E-state index in [1.807, 2.05) is 0 Å². The number of carbonyl (C=O) groups is 1. The highest BCUT2D eigenvalue weighted by atomic mass is 32.2. The van der Waals surface area contributed by atoms with Crippen molar-refractivity contribution in [1.29, 1.82) is 0 Å². The van der Waals surface area contributed by atoms with Gasteiger partial charge in [0.05, 0.1) is 11.8 Å². The minimum atomic E-state index is -4.24. The van der Waals surface area contributed by atoms with Crippen LogP contribution in [0.15, 0.2) is 0 Å². The lowest BCUT2D eigenvalue weighted by atomic mass is 10.3. The molecule has 1 N–H and O–H groups in total. The zero-order chi connectivity index (χ0) is 16.5. The largest absolute Gasteiger partial charge is 0.401 e. The van der Waals surface area contributed by atoms with Crippen LogP contribution in [-0.2, 0) is 9.84 Å². The highest BCUT2D eigenvalue weighted by Gasteiger charge is 2.36. The standard InChI is InChI=1S/C12H20F3N3O3S/c1-22(20,21)10-3-5-18(7-10)11(19)16-9-2-4-17(6-9)8-12(13,14)15/h9-10H,2-8H2,1H3,(H,16,19)/t9-,10-/m0/s1. The molecule has 0 radical (unpaired) electrons. The van der Waals surface area contributed by atoms with Crippen LogP contribution in [0.4, 0.5) is 18.0 Å². The molecule has 0 aromatic heterocycles. The van der Waals surface area contributed by atoms with E-state index in [1.54, 1.807) is 0 Å². The fourth-order valence-electron chi connectivity index (χ4n) is 2.88. The Labute approximate surface area is 127 Å². The molecule has 0 aromatic rings. The summed E-state index contributed by atoms with van der Waals surface area (Å²) in [5.41, 5.74) is 0. The summed E-state index contributed by atoms with van der Waals surface area (Å²) in [6.07, 6.45) is -2.23. The third-order valence-electron chi connectivity index (χ3n) is 4.04. The molecule has 2 amide bonds. The second-order valence-electron chi connectivity index (χ2n) is 5.97. The molecular weight excluding hydrogens is 323 g/mol. The summed E-state index contributed by atoms with van der Waals surface area (Å²) in [5, 5.41) is 2.14. The molecule has 2 saturated heterocycles. The highest BCUT2D eigenvalue weighted by Crippen LogP contribution is 2.21. The van der Waals surface area contributed by atoms with Gasteiger partial charge in [-0.3, -0.25) is 4.90 Å². The lowest BCUT2D eigenvalue weighted by Crippen LogP contribution is -2.46. The summed E-state index contributed by atoms with van der Waals surface area (Å²) in [6.45, 7) is -0.0313. The van der Waals surface area contributed by atoms with Gasteiger partial charge in [0.15, 0.2) is 9.84 Å². The molecule has 10 heteroatoms. The van der Waals surface area contributed by atoms with Crippen LogP contribution in [0.3, 0.4) is 0 Å². The normalized spacial score (nSPS) is 27.4. The van der Waals surface area contributed by atoms with Gasteiger partial charge < -0.3 is 10.2 Å². The van der Waals surface area contributed by atoms with Gasteiger partial charge in [-0.1, -0.05) is 0 Å². The predicted octanol–water partition coefficient (Wildman–Crippen LogP) is 0.452. The van der Waals surface area contributed by atoms with E-state index in [0.29, 0.717) is 19.4 Å². The zero-order valence-corrected chi connectivity index (χ0v) is 13.1. The van der Waals surface area contributed by atoms with Crippen molar-refractivity contribution in [3.8, 4) is 0 Å². The summed E-state index contributed by atoms with van der Waals surface area (Å²) >= 11 is 0. The van der Waals surface area contributed by atoms with E-state index in [0.717, 1.165) is 6.26 Å². The maximum absolute atomic E-state index is 12.3. The summed E-state index contributed by atoms with van der Waals surface area (Å²) < 4.78 is 59.8. The molecule has 128 valence electrons. The van der Waals surface area contributed by atoms with Crippen molar-refractivity contribution in [2.75, 3.05) is 39.0 Å². The Morgan fingerprint density at radius 1 is 1.23 bits per heavy atom. The Kier molecular flexibility index (Phi) is 4.90. The first kappa shape index (κ1) is 17.3. The van der Waals surface area contributed by atoms with Crippen LogP contribution in [0.5, 0.6) is 0 Å². The van der Waals surface area contributed by atoms with Crippen molar-refractivity contribution in [2.24, 2.45) is 0 Å². The zero-order valence-electron chi connectivity index (χ0n) is 12.3. The Morgan fingerprint density at radius 2 is 1.91 bits per heavy atom. The Balaban J connectivity index is 1.79. The van der Waals surface area contributed by atoms with Gasteiger partial charge >= 0.3 is 12.2 Å². The fraction of sp³-hybridized carbons (Fsp3) is 0.917. The molecule has 0 spiro atoms. The van der Waals surface area contributed by atoms with E-state index in [-0.39, 0.29) is 25.7 Å². The number of hydrogen-bond acceptors (Lipinski definition) is 4. The minimum Gasteiger partial charge on any atom is -0.334 e. The lowest BCUT2D eigenvalue weighted by Gasteiger charge is -2.21. The number of alkyl halides is 3. The predicted molar refractivity (Wildman–Crippen MR) is 74.3 cm³/mol. The van der Waals surface area contributed by atoms with Gasteiger partial charge in [-0.05, 0) is 12.8 Å². The molecule has 2 fully saturated rings. The average molecular weight is 343 g/mol. The van der Waals surface area contributed by atoms with E-state index in [2.05, 4.69) is 5.32 Å². The number of nitrogens with zero attached hydrogens (tertiary/aromatic N) is 2. The van der Waals surface area contributed by atoms with Crippen molar-refractivity contribution in [3.05, 3.63) is 0 Å². The molecule has 2 aliphatic rings. The van der Waals surface area contributed by atoms with Gasteiger partial charge in [0.1, 0.15) is 0 Å². The van der Waals surface area contributed by atoms with Gasteiger partial charge in [-0.25, -0.2) is 13.2 Å². The summed E-state index contributed by atoms with van der Waals surface area (Å²) in [5.74, 6) is 0. The molecule has 0 aliphatic carbocycles. The molecule has 2 aliphatic heterocycles. The van der Waals surface area contributed by atoms with E-state index in [9.17, 15) is 26.4 Å². The number of sulfone groups is 1. The lowest BCUT2D eigenvalue weighted by molar-refractivity contribution is -0.143. The smallest absolute Gasteiger partial charge is 0.334 e. The van der Waals surface area contributed by atoms with Gasteiger partial charge in [-0.15, -0.1) is 0 Å². The minimum absolute atomic E-state index is 0.143. The van der Waals surface area contributed by atoms with Crippen LogP contribution in [0.2, 0.25) is 0 Å². The molecule has 22 heavy (non-hydrogen) atoms. The second-order valence-corrected chi connectivity index (χ2v) is 8.30. The number of carbonyl (C=O) groups excluding carboxylic acids is 1. The number of urea groups is 1. The topological polar surface area (TPSA) is 69.7 Å². The summed E-state index contributed by atoms with van der Waals surface area (Å²) in [6, 6.07) is -0.725. The van der Waals surface area contributed by atoms with E-state index in [1.165, 1.54) is 9.80 Å². The van der Waals surface area contributed by atoms with Crippen molar-refractivity contribution in [2.45, 2.75) is 30.3 Å². The number of amides is 2. The fourth-order valence-corrected chi connectivity index (χ4v) is 3.86. The summed E-state index contributed by atoms with van der Waals surface area (Å²) in [7, 11) is -3.18. The third-order valence-corrected chi connectivity index (χ3v) is 5.64. The number of nitrogens with one attached hydrogen (secondary N) is 1. The van der Waals surface area contributed by atoms with Gasteiger partial charge in [-0.2, -0.15) is 13.2 Å². The van der Waals surface area contributed by atoms with Gasteiger partial charge in [0.2, 0.25) is 0 Å². The van der Waals surface area contributed by atoms with Crippen molar-refractivity contribution < 1.29 is 26.4 Å². The molecule has 2 rings (SSSR count). The van der Waals surface area contributed by atoms with Crippen molar-refractivity contribution >= 4 is 15.9 Å². The van der Waals surface area contributed by atoms with Crippen LogP contribution in [-0.4, -0.2) is 80.7 Å². The maximum Gasteiger partial charge on any atom is 0.401 e. The number of likely N-dealkylation sites (tertiary alicyclic amines) is 2. The van der Waals surface area contributed by atoms with Crippen molar-refractivity contribution in [3.63, 3.8) is 0 Å². The molecule has 2 heterocycles. The maximum atomic E-state index is 12.3. The van der Waals surface area contributed by atoms with Crippen molar-refractivity contribution in [1.82, 2.24) is 15.1 Å². The molecular formula is C12H20F3N3O3S. The average Bonchev–Trinajstić information content (AvgIpc) is 2.95. The van der Waals surface area contributed by atoms with E-state index >= 15 is 0 Å². The second kappa shape index (κ2) is 6.23. The van der Waals surface area contributed by atoms with Crippen LogP contribution in [0.25, 0.3) is 0 Å². The van der Waals surface area contributed by atoms with Gasteiger partial charge in [0.25, 0.3) is 0 Å². The van der Waals surface area contributed by atoms with E-state index < -0.39 is 33.8 Å². The molecule has 0 bridgehead atoms. The van der Waals surface area contributed by atoms with Crippen LogP contribution in [0, 0.1) is 0 Å².